The predicted octanol–water partition coefficient (Wildman–Crippen LogP) is 3.52. The zero-order valence-corrected chi connectivity index (χ0v) is 16.9. The average molecular weight is 464 g/mol. The van der Waals surface area contributed by atoms with Crippen molar-refractivity contribution in [1.82, 2.24) is 10.6 Å². The van der Waals surface area contributed by atoms with Gasteiger partial charge in [0.15, 0.2) is 17.6 Å². The first-order valence-electron chi connectivity index (χ1n) is 8.83. The van der Waals surface area contributed by atoms with E-state index in [4.69, 9.17) is 0 Å². The molecular weight excluding hydrogens is 437 g/mol. The van der Waals surface area contributed by atoms with Crippen LogP contribution < -0.4 is 15.5 Å². The quantitative estimate of drug-likeness (QED) is 0.407. The van der Waals surface area contributed by atoms with Crippen LogP contribution in [0, 0.1) is 17.6 Å². The van der Waals surface area contributed by atoms with E-state index in [1.54, 1.807) is 13.1 Å². The fourth-order valence-electron chi connectivity index (χ4n) is 3.61. The minimum Gasteiger partial charge on any atom is -0.371 e. The Labute approximate surface area is 165 Å². The maximum atomic E-state index is 13.4. The number of benzene rings is 1. The molecule has 1 saturated heterocycles. The molecule has 1 atom stereocenters. The number of hydrogen-bond donors (Lipinski definition) is 2. The second-order valence-corrected chi connectivity index (χ2v) is 6.78. The molecule has 1 aromatic rings. The summed E-state index contributed by atoms with van der Waals surface area (Å²) >= 11 is 0. The van der Waals surface area contributed by atoms with Crippen LogP contribution in [0.4, 0.5) is 14.5 Å². The van der Waals surface area contributed by atoms with Gasteiger partial charge in [0.05, 0.1) is 0 Å². The lowest BCUT2D eigenvalue weighted by Crippen LogP contribution is -2.44. The lowest BCUT2D eigenvalue weighted by Gasteiger charge is -2.20. The first-order chi connectivity index (χ1) is 11.7. The molecule has 1 aliphatic carbocycles. The molecule has 25 heavy (non-hydrogen) atoms. The van der Waals surface area contributed by atoms with E-state index in [-0.39, 0.29) is 24.0 Å². The minimum atomic E-state index is -0.794. The predicted molar refractivity (Wildman–Crippen MR) is 109 cm³/mol. The molecule has 4 nitrogen and oxygen atoms in total. The topological polar surface area (TPSA) is 39.7 Å². The second-order valence-electron chi connectivity index (χ2n) is 6.78. The van der Waals surface area contributed by atoms with E-state index in [1.807, 2.05) is 0 Å². The molecule has 7 heteroatoms. The maximum Gasteiger partial charge on any atom is 0.191 e. The van der Waals surface area contributed by atoms with Crippen molar-refractivity contribution in [2.75, 3.05) is 31.6 Å². The van der Waals surface area contributed by atoms with Crippen molar-refractivity contribution in [2.45, 2.75) is 38.1 Å². The summed E-state index contributed by atoms with van der Waals surface area (Å²) in [7, 11) is 1.80. The fraction of sp³-hybridized carbons (Fsp3) is 0.611. The van der Waals surface area contributed by atoms with Crippen LogP contribution in [-0.4, -0.2) is 38.7 Å². The molecule has 2 aliphatic rings. The van der Waals surface area contributed by atoms with Crippen molar-refractivity contribution < 1.29 is 8.78 Å². The molecule has 0 bridgehead atoms. The van der Waals surface area contributed by atoms with Gasteiger partial charge < -0.3 is 15.5 Å². The Morgan fingerprint density at radius 1 is 1.20 bits per heavy atom. The Morgan fingerprint density at radius 2 is 1.96 bits per heavy atom. The molecular formula is C18H27F2IN4. The Bertz CT molecular complexity index is 590. The number of aliphatic imine (C=N–C) groups is 1. The smallest absolute Gasteiger partial charge is 0.191 e. The lowest BCUT2D eigenvalue weighted by atomic mass is 10.1. The molecule has 140 valence electrons. The molecule has 0 aromatic heterocycles. The highest BCUT2D eigenvalue weighted by Crippen LogP contribution is 2.25. The van der Waals surface area contributed by atoms with E-state index in [9.17, 15) is 8.78 Å². The van der Waals surface area contributed by atoms with E-state index in [0.717, 1.165) is 37.7 Å². The number of guanidine groups is 1. The van der Waals surface area contributed by atoms with Crippen molar-refractivity contribution in [3.8, 4) is 0 Å². The van der Waals surface area contributed by atoms with Crippen molar-refractivity contribution in [3.63, 3.8) is 0 Å². The van der Waals surface area contributed by atoms with Gasteiger partial charge in [-0.25, -0.2) is 8.78 Å². The summed E-state index contributed by atoms with van der Waals surface area (Å²) in [5.74, 6) is -0.235. The second kappa shape index (κ2) is 9.54. The summed E-state index contributed by atoms with van der Waals surface area (Å²) in [6.07, 6.45) is 6.05. The van der Waals surface area contributed by atoms with Crippen LogP contribution in [0.2, 0.25) is 0 Å². The van der Waals surface area contributed by atoms with Crippen LogP contribution in [0.3, 0.4) is 0 Å². The highest BCUT2D eigenvalue weighted by atomic mass is 127. The number of rotatable bonds is 4. The van der Waals surface area contributed by atoms with E-state index in [2.05, 4.69) is 20.5 Å². The van der Waals surface area contributed by atoms with Crippen LogP contribution in [0.15, 0.2) is 23.2 Å². The zero-order chi connectivity index (χ0) is 16.9. The van der Waals surface area contributed by atoms with Gasteiger partial charge in [-0.05, 0) is 37.3 Å². The number of anilines is 1. The molecule has 1 heterocycles. The van der Waals surface area contributed by atoms with Crippen LogP contribution in [0.25, 0.3) is 0 Å². The SMILES string of the molecule is CN=C(NCC1CCN(c2ccc(F)c(F)c2)C1)NC1CCCC1.I. The number of nitrogens with zero attached hydrogens (tertiary/aromatic N) is 2. The van der Waals surface area contributed by atoms with Gasteiger partial charge in [-0.3, -0.25) is 4.99 Å². The highest BCUT2D eigenvalue weighted by Gasteiger charge is 2.24. The van der Waals surface area contributed by atoms with Gasteiger partial charge in [-0.15, -0.1) is 24.0 Å². The summed E-state index contributed by atoms with van der Waals surface area (Å²) in [4.78, 5) is 6.41. The summed E-state index contributed by atoms with van der Waals surface area (Å²) < 4.78 is 26.4. The third-order valence-electron chi connectivity index (χ3n) is 5.03. The summed E-state index contributed by atoms with van der Waals surface area (Å²) in [6.45, 7) is 2.55. The number of hydrogen-bond acceptors (Lipinski definition) is 2. The van der Waals surface area contributed by atoms with Crippen LogP contribution in [0.5, 0.6) is 0 Å². The molecule has 0 radical (unpaired) electrons. The summed E-state index contributed by atoms with van der Waals surface area (Å²) in [5.41, 5.74) is 0.755. The van der Waals surface area contributed by atoms with Gasteiger partial charge in [0, 0.05) is 44.5 Å². The average Bonchev–Trinajstić information content (AvgIpc) is 3.25. The molecule has 1 unspecified atom stereocenters. The molecule has 0 spiro atoms. The van der Waals surface area contributed by atoms with Gasteiger partial charge in [-0.1, -0.05) is 12.8 Å². The third-order valence-corrected chi connectivity index (χ3v) is 5.03. The first kappa shape index (κ1) is 20.2. The Morgan fingerprint density at radius 3 is 2.64 bits per heavy atom. The van der Waals surface area contributed by atoms with E-state index in [0.29, 0.717) is 12.0 Å². The van der Waals surface area contributed by atoms with Gasteiger partial charge in [0.25, 0.3) is 0 Å². The monoisotopic (exact) mass is 464 g/mol. The Balaban J connectivity index is 0.00000225. The molecule has 1 aliphatic heterocycles. The van der Waals surface area contributed by atoms with E-state index in [1.165, 1.54) is 37.8 Å². The highest BCUT2D eigenvalue weighted by molar-refractivity contribution is 14.0. The summed E-state index contributed by atoms with van der Waals surface area (Å²) in [6, 6.07) is 4.67. The van der Waals surface area contributed by atoms with Crippen LogP contribution in [0.1, 0.15) is 32.1 Å². The van der Waals surface area contributed by atoms with Crippen molar-refractivity contribution in [1.29, 1.82) is 0 Å². The normalized spacial score (nSPS) is 21.3. The van der Waals surface area contributed by atoms with E-state index >= 15 is 0 Å². The Kier molecular flexibility index (Phi) is 7.71. The zero-order valence-electron chi connectivity index (χ0n) is 14.6. The van der Waals surface area contributed by atoms with Gasteiger partial charge in [0.2, 0.25) is 0 Å². The summed E-state index contributed by atoms with van der Waals surface area (Å²) in [5, 5.41) is 6.89. The Hall–Kier alpha value is -1.12. The number of nitrogens with one attached hydrogen (secondary N) is 2. The van der Waals surface area contributed by atoms with E-state index < -0.39 is 11.6 Å². The standard InChI is InChI=1S/C18H26F2N4.HI/c1-21-18(23-14-4-2-3-5-14)22-11-13-8-9-24(12-13)15-6-7-16(19)17(20)10-15;/h6-7,10,13-14H,2-5,8-9,11-12H2,1H3,(H2,21,22,23);1H. The molecule has 1 aromatic carbocycles. The first-order valence-corrected chi connectivity index (χ1v) is 8.83. The van der Waals surface area contributed by atoms with Gasteiger partial charge >= 0.3 is 0 Å². The van der Waals surface area contributed by atoms with Gasteiger partial charge in [-0.2, -0.15) is 0 Å². The largest absolute Gasteiger partial charge is 0.371 e. The number of halogens is 3. The molecule has 2 N–H and O–H groups in total. The van der Waals surface area contributed by atoms with Crippen LogP contribution in [-0.2, 0) is 0 Å². The van der Waals surface area contributed by atoms with Crippen molar-refractivity contribution >= 4 is 35.6 Å². The minimum absolute atomic E-state index is 0. The molecule has 0 amide bonds. The molecule has 2 fully saturated rings. The molecule has 1 saturated carbocycles. The fourth-order valence-corrected chi connectivity index (χ4v) is 3.61. The third kappa shape index (κ3) is 5.43. The molecule has 3 rings (SSSR count). The van der Waals surface area contributed by atoms with Crippen LogP contribution >= 0.6 is 24.0 Å². The van der Waals surface area contributed by atoms with Crippen molar-refractivity contribution in [3.05, 3.63) is 29.8 Å². The van der Waals surface area contributed by atoms with Gasteiger partial charge in [0.1, 0.15) is 0 Å². The maximum absolute atomic E-state index is 13.4. The lowest BCUT2D eigenvalue weighted by molar-refractivity contribution is 0.508. The van der Waals surface area contributed by atoms with Crippen molar-refractivity contribution in [2.24, 2.45) is 10.9 Å².